The molecule has 1 unspecified atom stereocenters. The lowest BCUT2D eigenvalue weighted by Crippen LogP contribution is -2.25. The third kappa shape index (κ3) is 2.43. The molecule has 134 valence electrons. The van der Waals surface area contributed by atoms with Crippen molar-refractivity contribution in [3.05, 3.63) is 59.5 Å². The zero-order valence-corrected chi connectivity index (χ0v) is 14.4. The smallest absolute Gasteiger partial charge is 0.226 e. The van der Waals surface area contributed by atoms with Crippen molar-refractivity contribution >= 4 is 17.4 Å². The minimum absolute atomic E-state index is 0.109. The number of anilines is 1. The second-order valence-electron chi connectivity index (χ2n) is 6.48. The van der Waals surface area contributed by atoms with Gasteiger partial charge >= 0.3 is 0 Å². The van der Waals surface area contributed by atoms with Crippen molar-refractivity contribution in [2.45, 2.75) is 19.3 Å². The highest BCUT2D eigenvalue weighted by Crippen LogP contribution is 2.40. The highest BCUT2D eigenvalue weighted by Gasteiger charge is 2.33. The van der Waals surface area contributed by atoms with E-state index < -0.39 is 0 Å². The van der Waals surface area contributed by atoms with Gasteiger partial charge < -0.3 is 10.4 Å². The zero-order valence-electron chi connectivity index (χ0n) is 14.4. The molecule has 9 heteroatoms. The first-order valence-corrected chi connectivity index (χ1v) is 8.46. The number of nitrogens with zero attached hydrogens (tertiary/aromatic N) is 6. The predicted molar refractivity (Wildman–Crippen MR) is 95.8 cm³/mol. The summed E-state index contributed by atoms with van der Waals surface area (Å²) < 4.78 is 3.17. The molecular weight excluding hydrogens is 346 g/mol. The number of rotatable bonds is 2. The fourth-order valence-electron chi connectivity index (χ4n) is 3.57. The second-order valence-corrected chi connectivity index (χ2v) is 6.48. The van der Waals surface area contributed by atoms with Crippen LogP contribution in [0.2, 0.25) is 0 Å². The van der Waals surface area contributed by atoms with Gasteiger partial charge in [0.25, 0.3) is 0 Å². The summed E-state index contributed by atoms with van der Waals surface area (Å²) in [5, 5.41) is 29.6. The van der Waals surface area contributed by atoms with Crippen LogP contribution in [-0.2, 0) is 4.79 Å². The molecule has 1 aliphatic heterocycles. The van der Waals surface area contributed by atoms with Crippen molar-refractivity contribution < 1.29 is 9.90 Å². The number of benzene rings is 1. The van der Waals surface area contributed by atoms with Gasteiger partial charge in [-0.15, -0.1) is 15.3 Å². The van der Waals surface area contributed by atoms with Gasteiger partial charge in [0.15, 0.2) is 11.5 Å². The van der Waals surface area contributed by atoms with Crippen molar-refractivity contribution in [1.82, 2.24) is 29.6 Å². The van der Waals surface area contributed by atoms with Crippen LogP contribution in [0.3, 0.4) is 0 Å². The van der Waals surface area contributed by atoms with Crippen LogP contribution in [0.15, 0.2) is 42.7 Å². The number of aromatic nitrogens is 6. The number of hydrogen-bond donors (Lipinski definition) is 2. The lowest BCUT2D eigenvalue weighted by Gasteiger charge is -2.24. The molecule has 0 bridgehead atoms. The first-order valence-electron chi connectivity index (χ1n) is 8.46. The maximum absolute atomic E-state index is 12.4. The van der Waals surface area contributed by atoms with E-state index in [1.807, 2.05) is 13.0 Å². The van der Waals surface area contributed by atoms with Gasteiger partial charge in [-0.05, 0) is 36.8 Å². The predicted octanol–water partition coefficient (Wildman–Crippen LogP) is 1.80. The van der Waals surface area contributed by atoms with Crippen LogP contribution in [0.4, 0.5) is 5.82 Å². The molecule has 0 fully saturated rings. The van der Waals surface area contributed by atoms with E-state index in [9.17, 15) is 9.90 Å². The number of carbonyl (C=O) groups excluding carboxylic acids is 1. The highest BCUT2D eigenvalue weighted by atomic mass is 16.3. The van der Waals surface area contributed by atoms with Gasteiger partial charge in [-0.25, -0.2) is 0 Å². The summed E-state index contributed by atoms with van der Waals surface area (Å²) in [7, 11) is 0. The molecule has 27 heavy (non-hydrogen) atoms. The Labute approximate surface area is 153 Å². The van der Waals surface area contributed by atoms with Crippen molar-refractivity contribution in [2.24, 2.45) is 0 Å². The van der Waals surface area contributed by atoms with Gasteiger partial charge in [0.2, 0.25) is 5.91 Å². The summed E-state index contributed by atoms with van der Waals surface area (Å²) in [6, 6.07) is 10.5. The molecule has 1 atom stereocenters. The molecule has 0 saturated heterocycles. The van der Waals surface area contributed by atoms with E-state index in [2.05, 4.69) is 25.7 Å². The van der Waals surface area contributed by atoms with E-state index in [1.54, 1.807) is 39.5 Å². The molecule has 2 N–H and O–H groups in total. The fraction of sp³-hybridized carbons (Fsp3) is 0.167. The molecule has 1 aliphatic rings. The van der Waals surface area contributed by atoms with Crippen molar-refractivity contribution in [2.75, 3.05) is 5.32 Å². The number of hydrogen-bond acceptors (Lipinski definition) is 6. The van der Waals surface area contributed by atoms with Crippen molar-refractivity contribution in [3.8, 4) is 11.6 Å². The second kappa shape index (κ2) is 5.63. The number of carbonyl (C=O) groups is 1. The molecule has 9 nitrogen and oxygen atoms in total. The van der Waals surface area contributed by atoms with Gasteiger partial charge in [0, 0.05) is 17.9 Å². The standard InChI is InChI=1S/C18H15N7O2/c1-10-17-13(11-3-2-4-12(26)7-11)8-16(27)20-18(17)25(22-10)15-6-5-14-21-19-9-24(14)23-15/h2-7,9,13,26H,8H2,1H3,(H,20,27). The van der Waals surface area contributed by atoms with Crippen LogP contribution in [0.5, 0.6) is 5.75 Å². The van der Waals surface area contributed by atoms with Gasteiger partial charge in [-0.2, -0.15) is 14.3 Å². The van der Waals surface area contributed by atoms with E-state index in [-0.39, 0.29) is 17.6 Å². The van der Waals surface area contributed by atoms with Crippen molar-refractivity contribution in [3.63, 3.8) is 0 Å². The summed E-state index contributed by atoms with van der Waals surface area (Å²) in [4.78, 5) is 12.4. The summed E-state index contributed by atoms with van der Waals surface area (Å²) in [5.74, 6) is 1.01. The van der Waals surface area contributed by atoms with Gasteiger partial charge in [-0.3, -0.25) is 4.79 Å². The molecule has 4 heterocycles. The molecule has 4 aromatic rings. The number of fused-ring (bicyclic) bond motifs is 2. The number of amides is 1. The van der Waals surface area contributed by atoms with Gasteiger partial charge in [0.1, 0.15) is 17.9 Å². The fourth-order valence-corrected chi connectivity index (χ4v) is 3.57. The Balaban J connectivity index is 1.68. The molecular formula is C18H15N7O2. The lowest BCUT2D eigenvalue weighted by molar-refractivity contribution is -0.116. The van der Waals surface area contributed by atoms with Crippen LogP contribution in [0.1, 0.15) is 29.2 Å². The van der Waals surface area contributed by atoms with E-state index >= 15 is 0 Å². The summed E-state index contributed by atoms with van der Waals surface area (Å²) >= 11 is 0. The van der Waals surface area contributed by atoms with Crippen LogP contribution in [-0.4, -0.2) is 40.6 Å². The lowest BCUT2D eigenvalue weighted by atomic mass is 9.86. The maximum Gasteiger partial charge on any atom is 0.226 e. The minimum atomic E-state index is -0.187. The van der Waals surface area contributed by atoms with Crippen LogP contribution in [0, 0.1) is 6.92 Å². The third-order valence-electron chi connectivity index (χ3n) is 4.74. The molecule has 0 aliphatic carbocycles. The highest BCUT2D eigenvalue weighted by molar-refractivity contribution is 5.95. The van der Waals surface area contributed by atoms with Crippen LogP contribution >= 0.6 is 0 Å². The summed E-state index contributed by atoms with van der Waals surface area (Å²) in [5.41, 5.74) is 3.21. The first-order chi connectivity index (χ1) is 13.1. The first kappa shape index (κ1) is 15.5. The molecule has 1 amide bonds. The Morgan fingerprint density at radius 3 is 2.96 bits per heavy atom. The van der Waals surface area contributed by atoms with Crippen LogP contribution in [0.25, 0.3) is 11.5 Å². The molecule has 0 saturated carbocycles. The number of phenols is 1. The maximum atomic E-state index is 12.4. The third-order valence-corrected chi connectivity index (χ3v) is 4.74. The molecule has 3 aromatic heterocycles. The Hall–Kier alpha value is -3.75. The Morgan fingerprint density at radius 2 is 2.11 bits per heavy atom. The SMILES string of the molecule is Cc1nn(-c2ccc3nncn3n2)c2c1C(c1cccc(O)c1)CC(=O)N2. The summed E-state index contributed by atoms with van der Waals surface area (Å²) in [6.45, 7) is 1.90. The molecule has 0 radical (unpaired) electrons. The van der Waals surface area contributed by atoms with Crippen molar-refractivity contribution in [1.29, 1.82) is 0 Å². The molecule has 1 aromatic carbocycles. The van der Waals surface area contributed by atoms with E-state index in [4.69, 9.17) is 0 Å². The normalized spacial score (nSPS) is 16.3. The zero-order chi connectivity index (χ0) is 18.5. The average molecular weight is 361 g/mol. The quantitative estimate of drug-likeness (QED) is 0.563. The topological polar surface area (TPSA) is 110 Å². The Bertz CT molecular complexity index is 1190. The van der Waals surface area contributed by atoms with Crippen LogP contribution < -0.4 is 5.32 Å². The molecule has 0 spiro atoms. The molecule has 5 rings (SSSR count). The minimum Gasteiger partial charge on any atom is -0.508 e. The number of nitrogens with one attached hydrogen (secondary N) is 1. The van der Waals surface area contributed by atoms with E-state index in [0.717, 1.165) is 16.8 Å². The average Bonchev–Trinajstić information content (AvgIpc) is 3.25. The van der Waals surface area contributed by atoms with E-state index in [0.29, 0.717) is 23.7 Å². The monoisotopic (exact) mass is 361 g/mol. The number of phenolic OH excluding ortho intramolecular Hbond substituents is 1. The summed E-state index contributed by atoms with van der Waals surface area (Å²) in [6.07, 6.45) is 1.80. The van der Waals surface area contributed by atoms with Gasteiger partial charge in [0.05, 0.1) is 5.69 Å². The Kier molecular flexibility index (Phi) is 3.23. The largest absolute Gasteiger partial charge is 0.508 e. The Morgan fingerprint density at radius 1 is 1.22 bits per heavy atom. The number of aromatic hydroxyl groups is 1. The van der Waals surface area contributed by atoms with Gasteiger partial charge in [-0.1, -0.05) is 12.1 Å². The van der Waals surface area contributed by atoms with E-state index in [1.165, 1.54) is 6.33 Å². The number of aryl methyl sites for hydroxylation is 1.